The van der Waals surface area contributed by atoms with Gasteiger partial charge in [-0.1, -0.05) is 64.3 Å². The Kier molecular flexibility index (Phi) is 7.28. The number of aliphatic hydroxyl groups excluding tert-OH is 1. The number of hydrogen-bond acceptors (Lipinski definition) is 4. The molecule has 1 amide bonds. The molecule has 6 nitrogen and oxygen atoms in total. The van der Waals surface area contributed by atoms with Crippen LogP contribution in [-0.4, -0.2) is 39.3 Å². The number of ketones is 1. The summed E-state index contributed by atoms with van der Waals surface area (Å²) in [6.07, 6.45) is 1.78. The van der Waals surface area contributed by atoms with Gasteiger partial charge < -0.3 is 15.1 Å². The molecule has 0 aromatic heterocycles. The lowest BCUT2D eigenvalue weighted by atomic mass is 9.94. The first-order valence-corrected chi connectivity index (χ1v) is 10.9. The molecule has 1 saturated heterocycles. The molecular formula is C24H24BrNO5. The molecule has 3 rings (SSSR count). The molecule has 1 unspecified atom stereocenters. The van der Waals surface area contributed by atoms with Crippen LogP contribution in [0.25, 0.3) is 5.76 Å². The Morgan fingerprint density at radius 1 is 0.968 bits per heavy atom. The minimum Gasteiger partial charge on any atom is -0.507 e. The normalized spacial score (nSPS) is 17.9. The van der Waals surface area contributed by atoms with Crippen molar-refractivity contribution in [3.05, 3.63) is 75.3 Å². The van der Waals surface area contributed by atoms with E-state index >= 15 is 0 Å². The van der Waals surface area contributed by atoms with Crippen LogP contribution < -0.4 is 0 Å². The number of carboxylic acids is 1. The van der Waals surface area contributed by atoms with E-state index in [1.807, 2.05) is 31.2 Å². The fraction of sp³-hybridized carbons (Fsp3) is 0.292. The zero-order valence-electron chi connectivity index (χ0n) is 17.2. The van der Waals surface area contributed by atoms with E-state index in [2.05, 4.69) is 15.9 Å². The van der Waals surface area contributed by atoms with E-state index < -0.39 is 23.7 Å². The SMILES string of the molecule is Cc1ccc(C2/C(=C(/O)c3ccc(Br)cc3)C(=O)C(=O)N2CCCCCC(=O)O)cc1. The first kappa shape index (κ1) is 22.7. The van der Waals surface area contributed by atoms with Crippen molar-refractivity contribution >= 4 is 39.3 Å². The summed E-state index contributed by atoms with van der Waals surface area (Å²) in [5.74, 6) is -2.42. The summed E-state index contributed by atoms with van der Waals surface area (Å²) in [6, 6.07) is 13.7. The van der Waals surface area contributed by atoms with Gasteiger partial charge in [-0.2, -0.15) is 0 Å². The summed E-state index contributed by atoms with van der Waals surface area (Å²) >= 11 is 3.35. The molecule has 2 aromatic rings. The van der Waals surface area contributed by atoms with Gasteiger partial charge >= 0.3 is 5.97 Å². The van der Waals surface area contributed by atoms with E-state index in [9.17, 15) is 19.5 Å². The average Bonchev–Trinajstić information content (AvgIpc) is 2.99. The molecule has 0 saturated carbocycles. The second-order valence-corrected chi connectivity index (χ2v) is 8.53. The number of nitrogens with zero attached hydrogens (tertiary/aromatic N) is 1. The summed E-state index contributed by atoms with van der Waals surface area (Å²) in [5.41, 5.74) is 2.32. The molecule has 2 N–H and O–H groups in total. The third-order valence-electron chi connectivity index (χ3n) is 5.34. The second kappa shape index (κ2) is 9.92. The molecule has 0 spiro atoms. The fourth-order valence-electron chi connectivity index (χ4n) is 3.70. The molecule has 7 heteroatoms. The van der Waals surface area contributed by atoms with Gasteiger partial charge in [0.2, 0.25) is 0 Å². The molecule has 2 aromatic carbocycles. The zero-order chi connectivity index (χ0) is 22.5. The molecule has 0 radical (unpaired) electrons. The number of Topliss-reactive ketones (excluding diaryl/α,β-unsaturated/α-hetero) is 1. The number of carbonyl (C=O) groups is 3. The van der Waals surface area contributed by atoms with Crippen LogP contribution in [0.1, 0.15) is 48.4 Å². The van der Waals surface area contributed by atoms with Gasteiger partial charge in [-0.15, -0.1) is 0 Å². The van der Waals surface area contributed by atoms with Crippen LogP contribution in [-0.2, 0) is 14.4 Å². The topological polar surface area (TPSA) is 94.9 Å². The quantitative estimate of drug-likeness (QED) is 0.241. The van der Waals surface area contributed by atoms with Crippen LogP contribution in [0.2, 0.25) is 0 Å². The summed E-state index contributed by atoms with van der Waals surface area (Å²) in [7, 11) is 0. The first-order chi connectivity index (χ1) is 14.8. The highest BCUT2D eigenvalue weighted by atomic mass is 79.9. The number of rotatable bonds is 8. The van der Waals surface area contributed by atoms with Gasteiger partial charge in [0, 0.05) is 23.0 Å². The molecule has 1 aliphatic heterocycles. The van der Waals surface area contributed by atoms with Crippen molar-refractivity contribution in [3.63, 3.8) is 0 Å². The highest BCUT2D eigenvalue weighted by molar-refractivity contribution is 9.10. The standard InChI is InChI=1S/C24H24BrNO5/c1-15-6-8-16(9-7-15)21-20(22(29)17-10-12-18(25)13-11-17)23(30)24(31)26(21)14-4-2-3-5-19(27)28/h6-13,21,29H,2-5,14H2,1H3,(H,27,28)/b22-20-. The Bertz CT molecular complexity index is 1010. The van der Waals surface area contributed by atoms with Crippen LogP contribution in [0.5, 0.6) is 0 Å². The predicted molar refractivity (Wildman–Crippen MR) is 120 cm³/mol. The smallest absolute Gasteiger partial charge is 0.303 e. The van der Waals surface area contributed by atoms with Crippen molar-refractivity contribution in [3.8, 4) is 0 Å². The monoisotopic (exact) mass is 485 g/mol. The number of unbranched alkanes of at least 4 members (excludes halogenated alkanes) is 2. The van der Waals surface area contributed by atoms with Crippen molar-refractivity contribution in [1.29, 1.82) is 0 Å². The van der Waals surface area contributed by atoms with Crippen molar-refractivity contribution in [2.45, 2.75) is 38.6 Å². The Balaban J connectivity index is 1.96. The molecule has 162 valence electrons. The molecule has 1 heterocycles. The van der Waals surface area contributed by atoms with E-state index in [0.29, 0.717) is 31.4 Å². The number of carbonyl (C=O) groups excluding carboxylic acids is 2. The highest BCUT2D eigenvalue weighted by Gasteiger charge is 2.45. The van der Waals surface area contributed by atoms with E-state index in [1.165, 1.54) is 4.90 Å². The summed E-state index contributed by atoms with van der Waals surface area (Å²) in [6.45, 7) is 2.25. The number of carboxylic acid groups (broad SMARTS) is 1. The third kappa shape index (κ3) is 5.22. The predicted octanol–water partition coefficient (Wildman–Crippen LogP) is 4.82. The van der Waals surface area contributed by atoms with Crippen molar-refractivity contribution in [2.75, 3.05) is 6.54 Å². The van der Waals surface area contributed by atoms with Crippen molar-refractivity contribution in [2.24, 2.45) is 0 Å². The number of benzene rings is 2. The molecule has 0 bridgehead atoms. The number of halogens is 1. The average molecular weight is 486 g/mol. The van der Waals surface area contributed by atoms with E-state index in [4.69, 9.17) is 5.11 Å². The fourth-order valence-corrected chi connectivity index (χ4v) is 3.97. The maximum atomic E-state index is 12.9. The van der Waals surface area contributed by atoms with E-state index in [1.54, 1.807) is 24.3 Å². The van der Waals surface area contributed by atoms with Crippen LogP contribution in [0.4, 0.5) is 0 Å². The van der Waals surface area contributed by atoms with Crippen LogP contribution in [0.15, 0.2) is 58.6 Å². The molecule has 0 aliphatic carbocycles. The van der Waals surface area contributed by atoms with Crippen LogP contribution >= 0.6 is 15.9 Å². The molecule has 1 atom stereocenters. The van der Waals surface area contributed by atoms with E-state index in [0.717, 1.165) is 15.6 Å². The summed E-state index contributed by atoms with van der Waals surface area (Å²) < 4.78 is 0.834. The lowest BCUT2D eigenvalue weighted by molar-refractivity contribution is -0.140. The summed E-state index contributed by atoms with van der Waals surface area (Å²) in [4.78, 5) is 38.0. The van der Waals surface area contributed by atoms with Crippen LogP contribution in [0.3, 0.4) is 0 Å². The van der Waals surface area contributed by atoms with Gasteiger partial charge in [-0.25, -0.2) is 0 Å². The molecule has 31 heavy (non-hydrogen) atoms. The number of aliphatic carboxylic acids is 1. The Labute approximate surface area is 189 Å². The van der Waals surface area contributed by atoms with Gasteiger partial charge in [0.25, 0.3) is 11.7 Å². The van der Waals surface area contributed by atoms with E-state index in [-0.39, 0.29) is 17.8 Å². The minimum absolute atomic E-state index is 0.0710. The Hall–Kier alpha value is -2.93. The van der Waals surface area contributed by atoms with Gasteiger partial charge in [-0.05, 0) is 37.5 Å². The second-order valence-electron chi connectivity index (χ2n) is 7.61. The lowest BCUT2D eigenvalue weighted by Crippen LogP contribution is -2.30. The molecule has 1 aliphatic rings. The number of likely N-dealkylation sites (tertiary alicyclic amines) is 1. The van der Waals surface area contributed by atoms with Crippen molar-refractivity contribution < 1.29 is 24.6 Å². The number of aryl methyl sites for hydroxylation is 1. The van der Waals surface area contributed by atoms with Gasteiger partial charge in [0.1, 0.15) is 5.76 Å². The van der Waals surface area contributed by atoms with Crippen molar-refractivity contribution in [1.82, 2.24) is 4.90 Å². The number of amides is 1. The maximum absolute atomic E-state index is 12.9. The van der Waals surface area contributed by atoms with Crippen LogP contribution in [0, 0.1) is 6.92 Å². The number of aliphatic hydroxyl groups is 1. The zero-order valence-corrected chi connectivity index (χ0v) is 18.8. The number of hydrogen-bond donors (Lipinski definition) is 2. The third-order valence-corrected chi connectivity index (χ3v) is 5.87. The Morgan fingerprint density at radius 3 is 2.23 bits per heavy atom. The van der Waals surface area contributed by atoms with Gasteiger partial charge in [-0.3, -0.25) is 14.4 Å². The molecular weight excluding hydrogens is 462 g/mol. The largest absolute Gasteiger partial charge is 0.507 e. The Morgan fingerprint density at radius 2 is 1.61 bits per heavy atom. The summed E-state index contributed by atoms with van der Waals surface area (Å²) in [5, 5.41) is 19.8. The van der Waals surface area contributed by atoms with Gasteiger partial charge in [0.05, 0.1) is 11.6 Å². The first-order valence-electron chi connectivity index (χ1n) is 10.1. The molecule has 1 fully saturated rings. The minimum atomic E-state index is -0.852. The maximum Gasteiger partial charge on any atom is 0.303 e. The highest BCUT2D eigenvalue weighted by Crippen LogP contribution is 2.39. The van der Waals surface area contributed by atoms with Gasteiger partial charge in [0.15, 0.2) is 0 Å². The lowest BCUT2D eigenvalue weighted by Gasteiger charge is -2.25.